The fourth-order valence-corrected chi connectivity index (χ4v) is 1.27. The number of aromatic nitrogens is 1. The summed E-state index contributed by atoms with van der Waals surface area (Å²) < 4.78 is 36.7. The van der Waals surface area contributed by atoms with Gasteiger partial charge >= 0.3 is 6.18 Å². The first kappa shape index (κ1) is 13.9. The molecule has 1 aromatic rings. The molecule has 1 rings (SSSR count). The molecule has 96 valence electrons. The summed E-state index contributed by atoms with van der Waals surface area (Å²) in [6, 6.07) is 2.44. The summed E-state index contributed by atoms with van der Waals surface area (Å²) in [4.78, 5) is 3.76. The van der Waals surface area contributed by atoms with Gasteiger partial charge in [0, 0.05) is 25.8 Å². The van der Waals surface area contributed by atoms with Gasteiger partial charge in [0.2, 0.25) is 0 Å². The number of likely N-dealkylation sites (N-methyl/N-ethyl adjacent to an activating group) is 1. The SMILES string of the molecule is CCNCCNCc1ccc(C(F)(F)F)cn1. The van der Waals surface area contributed by atoms with Crippen LogP contribution in [0, 0.1) is 0 Å². The lowest BCUT2D eigenvalue weighted by atomic mass is 10.2. The monoisotopic (exact) mass is 247 g/mol. The third-order valence-corrected chi connectivity index (χ3v) is 2.19. The van der Waals surface area contributed by atoms with Gasteiger partial charge in [-0.1, -0.05) is 6.92 Å². The standard InChI is InChI=1S/C11H16F3N3/c1-2-15-5-6-16-8-10-4-3-9(7-17-10)11(12,13)14/h3-4,7,15-16H,2,5-6,8H2,1H3. The number of alkyl halides is 3. The molecular weight excluding hydrogens is 231 g/mol. The van der Waals surface area contributed by atoms with Crippen molar-refractivity contribution in [1.29, 1.82) is 0 Å². The average Bonchev–Trinajstić information content (AvgIpc) is 2.28. The quantitative estimate of drug-likeness (QED) is 0.753. The number of nitrogens with one attached hydrogen (secondary N) is 2. The second-order valence-electron chi connectivity index (χ2n) is 3.57. The van der Waals surface area contributed by atoms with Crippen molar-refractivity contribution in [3.05, 3.63) is 29.6 Å². The summed E-state index contributed by atoms with van der Waals surface area (Å²) in [6.45, 7) is 4.98. The fraction of sp³-hybridized carbons (Fsp3) is 0.545. The summed E-state index contributed by atoms with van der Waals surface area (Å²) >= 11 is 0. The molecule has 0 aliphatic heterocycles. The van der Waals surface area contributed by atoms with Crippen LogP contribution in [0.15, 0.2) is 18.3 Å². The van der Waals surface area contributed by atoms with Crippen molar-refractivity contribution in [3.63, 3.8) is 0 Å². The second-order valence-corrected chi connectivity index (χ2v) is 3.57. The molecular formula is C11H16F3N3. The van der Waals surface area contributed by atoms with Gasteiger partial charge in [0.1, 0.15) is 0 Å². The first-order chi connectivity index (χ1) is 8.04. The van der Waals surface area contributed by atoms with Crippen LogP contribution in [0.2, 0.25) is 0 Å². The Bertz CT molecular complexity index is 322. The van der Waals surface area contributed by atoms with Crippen molar-refractivity contribution < 1.29 is 13.2 Å². The van der Waals surface area contributed by atoms with Gasteiger partial charge in [0.05, 0.1) is 11.3 Å². The van der Waals surface area contributed by atoms with Gasteiger partial charge < -0.3 is 10.6 Å². The largest absolute Gasteiger partial charge is 0.417 e. The maximum atomic E-state index is 12.2. The van der Waals surface area contributed by atoms with Crippen LogP contribution in [0.5, 0.6) is 0 Å². The maximum Gasteiger partial charge on any atom is 0.417 e. The van der Waals surface area contributed by atoms with Gasteiger partial charge in [0.25, 0.3) is 0 Å². The lowest BCUT2D eigenvalue weighted by molar-refractivity contribution is -0.137. The van der Waals surface area contributed by atoms with Crippen LogP contribution in [0.25, 0.3) is 0 Å². The van der Waals surface area contributed by atoms with Crippen LogP contribution < -0.4 is 10.6 Å². The molecule has 0 bridgehead atoms. The van der Waals surface area contributed by atoms with Crippen LogP contribution in [0.3, 0.4) is 0 Å². The van der Waals surface area contributed by atoms with Gasteiger partial charge in [-0.15, -0.1) is 0 Å². The van der Waals surface area contributed by atoms with E-state index in [4.69, 9.17) is 0 Å². The lowest BCUT2D eigenvalue weighted by Gasteiger charge is -2.07. The smallest absolute Gasteiger partial charge is 0.316 e. The average molecular weight is 247 g/mol. The molecule has 0 aliphatic carbocycles. The summed E-state index contributed by atoms with van der Waals surface area (Å²) in [5, 5.41) is 6.22. The molecule has 2 N–H and O–H groups in total. The zero-order valence-corrected chi connectivity index (χ0v) is 9.64. The van der Waals surface area contributed by atoms with Gasteiger partial charge in [-0.3, -0.25) is 4.98 Å². The van der Waals surface area contributed by atoms with Crippen molar-refractivity contribution in [2.75, 3.05) is 19.6 Å². The van der Waals surface area contributed by atoms with E-state index in [0.717, 1.165) is 31.9 Å². The molecule has 0 aromatic carbocycles. The van der Waals surface area contributed by atoms with Crippen molar-refractivity contribution in [2.45, 2.75) is 19.6 Å². The third-order valence-electron chi connectivity index (χ3n) is 2.19. The number of hydrogen-bond acceptors (Lipinski definition) is 3. The van der Waals surface area contributed by atoms with E-state index in [1.807, 2.05) is 6.92 Å². The third kappa shape index (κ3) is 5.14. The molecule has 0 aliphatic rings. The maximum absolute atomic E-state index is 12.2. The molecule has 1 aromatic heterocycles. The van der Waals surface area contributed by atoms with E-state index >= 15 is 0 Å². The molecule has 0 amide bonds. The van der Waals surface area contributed by atoms with Gasteiger partial charge in [-0.25, -0.2) is 0 Å². The molecule has 0 fully saturated rings. The number of pyridine rings is 1. The Labute approximate surface area is 98.4 Å². The Hall–Kier alpha value is -1.14. The molecule has 3 nitrogen and oxygen atoms in total. The van der Waals surface area contributed by atoms with E-state index in [1.54, 1.807) is 0 Å². The van der Waals surface area contributed by atoms with Crippen molar-refractivity contribution >= 4 is 0 Å². The number of hydrogen-bond donors (Lipinski definition) is 2. The zero-order valence-electron chi connectivity index (χ0n) is 9.64. The lowest BCUT2D eigenvalue weighted by Crippen LogP contribution is -2.27. The Morgan fingerprint density at radius 2 is 1.88 bits per heavy atom. The molecule has 0 saturated carbocycles. The first-order valence-corrected chi connectivity index (χ1v) is 5.47. The fourth-order valence-electron chi connectivity index (χ4n) is 1.27. The molecule has 0 atom stereocenters. The van der Waals surface area contributed by atoms with Crippen LogP contribution in [0.1, 0.15) is 18.2 Å². The minimum absolute atomic E-state index is 0.476. The summed E-state index contributed by atoms with van der Waals surface area (Å²) in [6.07, 6.45) is -3.45. The van der Waals surface area contributed by atoms with E-state index in [9.17, 15) is 13.2 Å². The Kier molecular flexibility index (Phi) is 5.37. The highest BCUT2D eigenvalue weighted by molar-refractivity contribution is 5.16. The van der Waals surface area contributed by atoms with E-state index in [2.05, 4.69) is 15.6 Å². The highest BCUT2D eigenvalue weighted by atomic mass is 19.4. The van der Waals surface area contributed by atoms with Crippen molar-refractivity contribution in [3.8, 4) is 0 Å². The number of nitrogens with zero attached hydrogens (tertiary/aromatic N) is 1. The van der Waals surface area contributed by atoms with Crippen molar-refractivity contribution in [1.82, 2.24) is 15.6 Å². The second kappa shape index (κ2) is 6.56. The molecule has 1 heterocycles. The molecule has 0 radical (unpaired) electrons. The minimum atomic E-state index is -4.32. The van der Waals surface area contributed by atoms with E-state index < -0.39 is 11.7 Å². The Morgan fingerprint density at radius 1 is 1.18 bits per heavy atom. The van der Waals surface area contributed by atoms with Gasteiger partial charge in [0.15, 0.2) is 0 Å². The number of rotatable bonds is 6. The highest BCUT2D eigenvalue weighted by Crippen LogP contribution is 2.28. The Morgan fingerprint density at radius 3 is 2.41 bits per heavy atom. The molecule has 0 unspecified atom stereocenters. The zero-order chi connectivity index (χ0) is 12.7. The van der Waals surface area contributed by atoms with Crippen molar-refractivity contribution in [2.24, 2.45) is 0 Å². The highest BCUT2D eigenvalue weighted by Gasteiger charge is 2.30. The van der Waals surface area contributed by atoms with E-state index in [-0.39, 0.29) is 0 Å². The number of halogens is 3. The molecule has 6 heteroatoms. The normalized spacial score (nSPS) is 11.8. The Balaban J connectivity index is 2.36. The minimum Gasteiger partial charge on any atom is -0.316 e. The topological polar surface area (TPSA) is 37.0 Å². The van der Waals surface area contributed by atoms with Gasteiger partial charge in [-0.2, -0.15) is 13.2 Å². The first-order valence-electron chi connectivity index (χ1n) is 5.47. The van der Waals surface area contributed by atoms with E-state index in [0.29, 0.717) is 12.2 Å². The van der Waals surface area contributed by atoms with Crippen LogP contribution >= 0.6 is 0 Å². The van der Waals surface area contributed by atoms with Crippen LogP contribution in [0.4, 0.5) is 13.2 Å². The summed E-state index contributed by atoms with van der Waals surface area (Å²) in [5.41, 5.74) is -0.108. The summed E-state index contributed by atoms with van der Waals surface area (Å²) in [5.74, 6) is 0. The molecule has 0 saturated heterocycles. The molecule has 17 heavy (non-hydrogen) atoms. The van der Waals surface area contributed by atoms with Crippen LogP contribution in [-0.4, -0.2) is 24.6 Å². The van der Waals surface area contributed by atoms with Gasteiger partial charge in [-0.05, 0) is 18.7 Å². The summed E-state index contributed by atoms with van der Waals surface area (Å²) in [7, 11) is 0. The van der Waals surface area contributed by atoms with Crippen LogP contribution in [-0.2, 0) is 12.7 Å². The van der Waals surface area contributed by atoms with E-state index in [1.165, 1.54) is 6.07 Å². The predicted molar refractivity (Wildman–Crippen MR) is 59.5 cm³/mol. The molecule has 0 spiro atoms. The predicted octanol–water partition coefficient (Wildman–Crippen LogP) is 1.80.